The van der Waals surface area contributed by atoms with Gasteiger partial charge < -0.3 is 15.5 Å². The second-order valence-electron chi connectivity index (χ2n) is 7.24. The molecule has 0 spiro atoms. The molecule has 1 aromatic carbocycles. The Bertz CT molecular complexity index is 730. The van der Waals surface area contributed by atoms with E-state index < -0.39 is 0 Å². The van der Waals surface area contributed by atoms with Gasteiger partial charge in [0.15, 0.2) is 11.1 Å². The van der Waals surface area contributed by atoms with Gasteiger partial charge in [-0.2, -0.15) is 0 Å². The van der Waals surface area contributed by atoms with E-state index in [1.54, 1.807) is 11.3 Å². The highest BCUT2D eigenvalue weighted by atomic mass is 127. The third kappa shape index (κ3) is 5.36. The zero-order valence-corrected chi connectivity index (χ0v) is 19.3. The molecular weight excluding hydrogens is 483 g/mol. The lowest BCUT2D eigenvalue weighted by Gasteiger charge is -2.35. The van der Waals surface area contributed by atoms with E-state index in [0.29, 0.717) is 12.0 Å². The quantitative estimate of drug-likeness (QED) is 0.380. The van der Waals surface area contributed by atoms with Crippen molar-refractivity contribution < 1.29 is 0 Å². The van der Waals surface area contributed by atoms with E-state index in [0.717, 1.165) is 50.9 Å². The first kappa shape index (κ1) is 21.3. The van der Waals surface area contributed by atoms with Crippen LogP contribution in [-0.2, 0) is 6.54 Å². The van der Waals surface area contributed by atoms with Crippen molar-refractivity contribution in [3.05, 3.63) is 47.5 Å². The van der Waals surface area contributed by atoms with E-state index in [1.807, 2.05) is 11.6 Å². The Balaban J connectivity index is 0.00000225. The van der Waals surface area contributed by atoms with Gasteiger partial charge in [-0.3, -0.25) is 9.89 Å². The van der Waals surface area contributed by atoms with Crippen LogP contribution in [0.25, 0.3) is 0 Å². The maximum absolute atomic E-state index is 6.31. The number of rotatable bonds is 5. The largest absolute Gasteiger partial charge is 0.370 e. The molecule has 2 aliphatic rings. The van der Waals surface area contributed by atoms with Crippen molar-refractivity contribution in [1.29, 1.82) is 0 Å². The first-order valence-corrected chi connectivity index (χ1v) is 10.6. The number of hydrogen-bond acceptors (Lipinski definition) is 5. The van der Waals surface area contributed by atoms with Crippen LogP contribution in [0.5, 0.6) is 0 Å². The van der Waals surface area contributed by atoms with Crippen LogP contribution >= 0.6 is 35.3 Å². The predicted molar refractivity (Wildman–Crippen MR) is 128 cm³/mol. The van der Waals surface area contributed by atoms with E-state index in [-0.39, 0.29) is 24.0 Å². The summed E-state index contributed by atoms with van der Waals surface area (Å²) in [5, 5.41) is 3.13. The highest BCUT2D eigenvalue weighted by Crippen LogP contribution is 2.21. The number of likely N-dealkylation sites (tertiary alicyclic amines) is 1. The van der Waals surface area contributed by atoms with Crippen molar-refractivity contribution in [3.8, 4) is 0 Å². The number of aromatic nitrogens is 1. The molecule has 28 heavy (non-hydrogen) atoms. The molecule has 2 aliphatic heterocycles. The predicted octanol–water partition coefficient (Wildman–Crippen LogP) is 2.86. The number of benzene rings is 1. The van der Waals surface area contributed by atoms with E-state index >= 15 is 0 Å². The zero-order valence-electron chi connectivity index (χ0n) is 16.1. The molecule has 1 atom stereocenters. The van der Waals surface area contributed by atoms with Crippen LogP contribution in [-0.4, -0.2) is 66.1 Å². The van der Waals surface area contributed by atoms with Crippen LogP contribution in [0.1, 0.15) is 18.4 Å². The number of aliphatic imine (C=N–C) groups is 1. The molecule has 0 radical (unpaired) electrons. The van der Waals surface area contributed by atoms with Gasteiger partial charge in [-0.1, -0.05) is 30.3 Å². The van der Waals surface area contributed by atoms with Crippen molar-refractivity contribution in [2.45, 2.75) is 25.4 Å². The van der Waals surface area contributed by atoms with Gasteiger partial charge in [0.05, 0.1) is 6.54 Å². The smallest absolute Gasteiger partial charge is 0.191 e. The molecule has 6 nitrogen and oxygen atoms in total. The SMILES string of the molecule is I.NC(=NCC1CCCN1Cc1ccccc1)N1CCN(c2nccs2)CC1. The summed E-state index contributed by atoms with van der Waals surface area (Å²) in [6, 6.07) is 11.2. The van der Waals surface area contributed by atoms with Gasteiger partial charge in [0.2, 0.25) is 0 Å². The van der Waals surface area contributed by atoms with Gasteiger partial charge in [0.25, 0.3) is 0 Å². The molecule has 1 unspecified atom stereocenters. The van der Waals surface area contributed by atoms with Crippen LogP contribution in [0.3, 0.4) is 0 Å². The van der Waals surface area contributed by atoms with Crippen LogP contribution in [0.2, 0.25) is 0 Å². The standard InChI is InChI=1S/C20H28N6S.HI/c21-19(24-10-12-25(13-11-24)20-22-8-14-27-20)23-15-18-7-4-9-26(18)16-17-5-2-1-3-6-17;/h1-3,5-6,8,14,18H,4,7,9-13,15-16H2,(H2,21,23);1H. The second kappa shape index (κ2) is 10.4. The third-order valence-electron chi connectivity index (χ3n) is 5.49. The fraction of sp³-hybridized carbons (Fsp3) is 0.500. The lowest BCUT2D eigenvalue weighted by Crippen LogP contribution is -2.51. The average Bonchev–Trinajstić information content (AvgIpc) is 3.39. The normalized spacial score (nSPS) is 21.0. The van der Waals surface area contributed by atoms with Crippen LogP contribution in [0, 0.1) is 0 Å². The van der Waals surface area contributed by atoms with Gasteiger partial charge in [-0.05, 0) is 24.9 Å². The van der Waals surface area contributed by atoms with E-state index in [2.05, 4.69) is 50.0 Å². The van der Waals surface area contributed by atoms with Crippen molar-refractivity contribution in [2.24, 2.45) is 10.7 Å². The summed E-state index contributed by atoms with van der Waals surface area (Å²) in [5.74, 6) is 0.695. The van der Waals surface area contributed by atoms with E-state index in [1.165, 1.54) is 18.4 Å². The van der Waals surface area contributed by atoms with Crippen molar-refractivity contribution in [1.82, 2.24) is 14.8 Å². The summed E-state index contributed by atoms with van der Waals surface area (Å²) >= 11 is 1.70. The Hall–Kier alpha value is -1.39. The molecule has 3 heterocycles. The highest BCUT2D eigenvalue weighted by molar-refractivity contribution is 14.0. The Morgan fingerprint density at radius 3 is 2.64 bits per heavy atom. The maximum Gasteiger partial charge on any atom is 0.191 e. The molecule has 0 amide bonds. The Labute approximate surface area is 188 Å². The average molecular weight is 512 g/mol. The Morgan fingerprint density at radius 2 is 1.93 bits per heavy atom. The summed E-state index contributed by atoms with van der Waals surface area (Å²) in [5.41, 5.74) is 7.69. The highest BCUT2D eigenvalue weighted by Gasteiger charge is 2.25. The number of piperazine rings is 1. The molecule has 0 bridgehead atoms. The molecule has 0 saturated carbocycles. The first-order chi connectivity index (χ1) is 13.3. The molecule has 2 aromatic rings. The Morgan fingerprint density at radius 1 is 1.14 bits per heavy atom. The summed E-state index contributed by atoms with van der Waals surface area (Å²) in [4.78, 5) is 16.2. The van der Waals surface area contributed by atoms with E-state index in [4.69, 9.17) is 10.7 Å². The molecule has 1 aromatic heterocycles. The van der Waals surface area contributed by atoms with Gasteiger partial charge >= 0.3 is 0 Å². The van der Waals surface area contributed by atoms with E-state index in [9.17, 15) is 0 Å². The molecule has 0 aliphatic carbocycles. The number of nitrogens with zero attached hydrogens (tertiary/aromatic N) is 5. The van der Waals surface area contributed by atoms with Gasteiger partial charge in [0, 0.05) is 50.3 Å². The summed E-state index contributed by atoms with van der Waals surface area (Å²) in [7, 11) is 0. The lowest BCUT2D eigenvalue weighted by molar-refractivity contribution is 0.250. The van der Waals surface area contributed by atoms with Crippen molar-refractivity contribution in [3.63, 3.8) is 0 Å². The fourth-order valence-electron chi connectivity index (χ4n) is 3.93. The third-order valence-corrected chi connectivity index (χ3v) is 6.32. The molecule has 2 fully saturated rings. The minimum absolute atomic E-state index is 0. The second-order valence-corrected chi connectivity index (χ2v) is 8.11. The topological polar surface area (TPSA) is 61.0 Å². The van der Waals surface area contributed by atoms with Crippen LogP contribution in [0.4, 0.5) is 5.13 Å². The summed E-state index contributed by atoms with van der Waals surface area (Å²) in [6.07, 6.45) is 4.33. The molecular formula is C20H29IN6S. The number of halogens is 1. The lowest BCUT2D eigenvalue weighted by atomic mass is 10.2. The Kier molecular flexibility index (Phi) is 7.92. The van der Waals surface area contributed by atoms with Crippen molar-refractivity contribution >= 4 is 46.4 Å². The zero-order chi connectivity index (χ0) is 18.5. The van der Waals surface area contributed by atoms with Crippen LogP contribution < -0.4 is 10.6 Å². The van der Waals surface area contributed by atoms with Crippen molar-refractivity contribution in [2.75, 3.05) is 44.2 Å². The first-order valence-electron chi connectivity index (χ1n) is 9.77. The van der Waals surface area contributed by atoms with Gasteiger partial charge in [-0.15, -0.1) is 35.3 Å². The molecule has 2 N–H and O–H groups in total. The minimum Gasteiger partial charge on any atom is -0.370 e. The molecule has 4 rings (SSSR count). The number of nitrogens with two attached hydrogens (primary N) is 1. The summed E-state index contributed by atoms with van der Waals surface area (Å²) < 4.78 is 0. The molecule has 2 saturated heterocycles. The monoisotopic (exact) mass is 512 g/mol. The number of guanidine groups is 1. The maximum atomic E-state index is 6.31. The van der Waals surface area contributed by atoms with Gasteiger partial charge in [-0.25, -0.2) is 4.98 Å². The fourth-order valence-corrected chi connectivity index (χ4v) is 4.62. The van der Waals surface area contributed by atoms with Gasteiger partial charge in [0.1, 0.15) is 0 Å². The van der Waals surface area contributed by atoms with Crippen LogP contribution in [0.15, 0.2) is 46.9 Å². The number of hydrogen-bond donors (Lipinski definition) is 1. The summed E-state index contributed by atoms with van der Waals surface area (Å²) in [6.45, 7) is 6.68. The minimum atomic E-state index is 0. The number of anilines is 1. The number of thiazole rings is 1. The molecule has 152 valence electrons. The molecule has 8 heteroatoms.